The van der Waals surface area contributed by atoms with Crippen molar-refractivity contribution in [1.82, 2.24) is 0 Å². The standard InChI is InChI=1S/CH2O3.Ca.ClH.H2O/c2-1(3)4;;;/h(H2,2,3,4);;1H;1H2/q;+2;;/p-2. The van der Waals surface area contributed by atoms with Crippen LogP contribution in [-0.4, -0.2) is 59.6 Å². The summed E-state index contributed by atoms with van der Waals surface area (Å²) in [5, 5.41) is 13.9. The predicted octanol–water partition coefficient (Wildman–Crippen LogP) is -3.33. The smallest absolute Gasteiger partial charge is 1.00 e. The molecule has 0 aliphatic rings. The zero-order valence-electron chi connectivity index (χ0n) is 3.33. The summed E-state index contributed by atoms with van der Waals surface area (Å²) in [6, 6.07) is 0. The first kappa shape index (κ1) is 25.0. The van der Waals surface area contributed by atoms with Gasteiger partial charge in [0.15, 0.2) is 0 Å². The second-order valence-electron chi connectivity index (χ2n) is 0.283. The summed E-state index contributed by atoms with van der Waals surface area (Å²) >= 11 is 0. The Morgan fingerprint density at radius 2 is 1.29 bits per heavy atom. The Kier molecular flexibility index (Phi) is 56.7. The number of hydrogen-bond acceptors (Lipinski definition) is 2. The molecule has 0 aromatic carbocycles. The molecule has 3 N–H and O–H groups in total. The fourth-order valence-electron chi connectivity index (χ4n) is 0. The molecule has 0 aromatic rings. The van der Waals surface area contributed by atoms with E-state index in [-0.39, 0.29) is 55.6 Å². The van der Waals surface area contributed by atoms with E-state index in [1.165, 1.54) is 0 Å². The van der Waals surface area contributed by atoms with Crippen LogP contribution in [0.3, 0.4) is 0 Å². The van der Waals surface area contributed by atoms with Crippen molar-refractivity contribution in [2.45, 2.75) is 0 Å². The minimum atomic E-state index is -1.83. The summed E-state index contributed by atoms with van der Waals surface area (Å²) in [6.07, 6.45) is -1.83. The second-order valence-corrected chi connectivity index (χ2v) is 0.283. The van der Waals surface area contributed by atoms with E-state index >= 15 is 0 Å². The largest absolute Gasteiger partial charge is 2.00 e. The third kappa shape index (κ3) is 255. The van der Waals surface area contributed by atoms with E-state index in [2.05, 4.69) is 0 Å². The van der Waals surface area contributed by atoms with Gasteiger partial charge in [-0.25, -0.2) is 4.79 Å². The molecule has 40 valence electrons. The van der Waals surface area contributed by atoms with Crippen LogP contribution in [0.1, 0.15) is 0 Å². The first-order valence-electron chi connectivity index (χ1n) is 0.651. The number of rotatable bonds is 0. The summed E-state index contributed by atoms with van der Waals surface area (Å²) < 4.78 is 0. The van der Waals surface area contributed by atoms with Crippen LogP contribution in [0.2, 0.25) is 0 Å². The van der Waals surface area contributed by atoms with Gasteiger partial charge in [0.05, 0.1) is 0 Å². The molecule has 6 heteroatoms. The van der Waals surface area contributed by atoms with Gasteiger partial charge in [0.1, 0.15) is 0 Å². The van der Waals surface area contributed by atoms with E-state index in [9.17, 15) is 0 Å². The topological polar surface area (TPSA) is 87.5 Å². The minimum Gasteiger partial charge on any atom is -1.00 e. The Labute approximate surface area is 76.2 Å². The normalized spacial score (nSPS) is 3.43. The van der Waals surface area contributed by atoms with Crippen molar-refractivity contribution in [2.75, 3.05) is 0 Å². The van der Waals surface area contributed by atoms with Crippen LogP contribution in [0.4, 0.5) is 4.79 Å². The van der Waals surface area contributed by atoms with E-state index < -0.39 is 6.16 Å². The molecule has 0 radical (unpaired) electrons. The first-order valence-corrected chi connectivity index (χ1v) is 0.651. The van der Waals surface area contributed by atoms with Crippen LogP contribution in [0.5, 0.6) is 0 Å². The van der Waals surface area contributed by atoms with Gasteiger partial charge in [0, 0.05) is 0 Å². The van der Waals surface area contributed by atoms with Gasteiger partial charge in [-0.3, -0.25) is 0 Å². The molecular weight excluding hydrogens is 152 g/mol. The summed E-state index contributed by atoms with van der Waals surface area (Å²) in [5.74, 6) is 0. The first-order chi connectivity index (χ1) is 1.73. The van der Waals surface area contributed by atoms with Gasteiger partial charge in [-0.1, -0.05) is 0 Å². The van der Waals surface area contributed by atoms with Crippen molar-refractivity contribution in [3.8, 4) is 0 Å². The molecule has 0 aliphatic heterocycles. The van der Waals surface area contributed by atoms with Gasteiger partial charge >= 0.3 is 43.9 Å². The zero-order chi connectivity index (χ0) is 3.58. The molecule has 0 saturated heterocycles. The van der Waals surface area contributed by atoms with Gasteiger partial charge in [-0.2, -0.15) is 0 Å². The van der Waals surface area contributed by atoms with E-state index in [4.69, 9.17) is 15.0 Å². The number of carbonyl (C=O) groups is 1. The molecule has 0 rings (SSSR count). The third-order valence-electron chi connectivity index (χ3n) is 0. The van der Waals surface area contributed by atoms with Crippen molar-refractivity contribution in [1.29, 1.82) is 0 Å². The number of carboxylic acid groups (broad SMARTS) is 2. The maximum Gasteiger partial charge on any atom is 2.00 e. The molecule has 4 nitrogen and oxygen atoms in total. The second kappa shape index (κ2) is 15.9. The van der Waals surface area contributed by atoms with Gasteiger partial charge in [-0.05, 0) is 0 Å². The molecule has 0 atom stereocenters. The van der Waals surface area contributed by atoms with Gasteiger partial charge in [0.25, 0.3) is 0 Å². The molecule has 0 aliphatic carbocycles. The molecule has 0 saturated carbocycles. The Balaban J connectivity index is -0.0000000150. The summed E-state index contributed by atoms with van der Waals surface area (Å²) in [4.78, 5) is 8.56. The summed E-state index contributed by atoms with van der Waals surface area (Å²) in [5.41, 5.74) is 0. The van der Waals surface area contributed by atoms with Gasteiger partial charge < -0.3 is 28.1 Å². The van der Waals surface area contributed by atoms with Crippen molar-refractivity contribution >= 4 is 43.9 Å². The molecule has 0 spiro atoms. The average molecular weight is 155 g/mol. The van der Waals surface area contributed by atoms with E-state index in [0.29, 0.717) is 0 Å². The van der Waals surface area contributed by atoms with Gasteiger partial charge in [0.2, 0.25) is 0 Å². The quantitative estimate of drug-likeness (QED) is 0.357. The van der Waals surface area contributed by atoms with Crippen LogP contribution in [0, 0.1) is 0 Å². The van der Waals surface area contributed by atoms with Crippen LogP contribution in [0.25, 0.3) is 0 Å². The van der Waals surface area contributed by atoms with Crippen LogP contribution >= 0.6 is 0 Å². The SMILES string of the molecule is O=C(O)O.[Ca+2].[Cl-].[OH-]. The average Bonchev–Trinajstić information content (AvgIpc) is 0.811. The fourth-order valence-corrected chi connectivity index (χ4v) is 0. The molecular formula is CH3CaClO4. The molecule has 0 unspecified atom stereocenters. The predicted molar refractivity (Wildman–Crippen MR) is 18.3 cm³/mol. The molecule has 0 fully saturated rings. The Morgan fingerprint density at radius 3 is 1.29 bits per heavy atom. The van der Waals surface area contributed by atoms with Crippen LogP contribution < -0.4 is 12.4 Å². The van der Waals surface area contributed by atoms with E-state index in [1.54, 1.807) is 0 Å². The summed E-state index contributed by atoms with van der Waals surface area (Å²) in [7, 11) is 0. The Morgan fingerprint density at radius 1 is 1.29 bits per heavy atom. The van der Waals surface area contributed by atoms with Crippen molar-refractivity contribution in [3.05, 3.63) is 0 Å². The Bertz CT molecular complexity index is 34.7. The molecule has 0 bridgehead atoms. The van der Waals surface area contributed by atoms with E-state index in [1.807, 2.05) is 0 Å². The monoisotopic (exact) mass is 154 g/mol. The maximum atomic E-state index is 8.56. The molecule has 0 heterocycles. The fraction of sp³-hybridized carbons (Fsp3) is 0. The Hall–Kier alpha value is 0.780. The van der Waals surface area contributed by atoms with Crippen molar-refractivity contribution in [3.63, 3.8) is 0 Å². The van der Waals surface area contributed by atoms with Crippen LogP contribution in [-0.2, 0) is 0 Å². The van der Waals surface area contributed by atoms with Gasteiger partial charge in [-0.15, -0.1) is 0 Å². The zero-order valence-corrected chi connectivity index (χ0v) is 6.30. The summed E-state index contributed by atoms with van der Waals surface area (Å²) in [6.45, 7) is 0. The van der Waals surface area contributed by atoms with Crippen molar-refractivity contribution < 1.29 is 32.9 Å². The molecule has 0 amide bonds. The molecule has 0 aromatic heterocycles. The van der Waals surface area contributed by atoms with Crippen LogP contribution in [0.15, 0.2) is 0 Å². The number of hydrogen-bond donors (Lipinski definition) is 2. The van der Waals surface area contributed by atoms with E-state index in [0.717, 1.165) is 0 Å². The third-order valence-corrected chi connectivity index (χ3v) is 0. The maximum absolute atomic E-state index is 8.56. The number of halogens is 1. The van der Waals surface area contributed by atoms with Crippen molar-refractivity contribution in [2.24, 2.45) is 0 Å². The minimum absolute atomic E-state index is 0. The molecule has 7 heavy (non-hydrogen) atoms.